The second-order valence-corrected chi connectivity index (χ2v) is 6.24. The monoisotopic (exact) mass is 339 g/mol. The van der Waals surface area contributed by atoms with Crippen molar-refractivity contribution >= 4 is 21.6 Å². The van der Waals surface area contributed by atoms with Crippen LogP contribution in [0.3, 0.4) is 0 Å². The summed E-state index contributed by atoms with van der Waals surface area (Å²) in [6.45, 7) is 1.34. The molecule has 5 heteroatoms. The molecule has 0 bridgehead atoms. The van der Waals surface area contributed by atoms with Crippen molar-refractivity contribution in [3.63, 3.8) is 0 Å². The van der Waals surface area contributed by atoms with Crippen LogP contribution in [0.5, 0.6) is 5.75 Å². The van der Waals surface area contributed by atoms with Crippen LogP contribution < -0.4 is 4.74 Å². The normalized spacial score (nSPS) is 21.4. The largest absolute Gasteiger partial charge is 0.493 e. The molecule has 1 aliphatic heterocycles. The van der Waals surface area contributed by atoms with E-state index in [1.54, 1.807) is 0 Å². The number of hydrogen-bond acceptors (Lipinski definition) is 4. The van der Waals surface area contributed by atoms with E-state index >= 15 is 0 Å². The van der Waals surface area contributed by atoms with Gasteiger partial charge in [0, 0.05) is 16.5 Å². The van der Waals surface area contributed by atoms with Crippen LogP contribution in [0.4, 0.5) is 0 Å². The summed E-state index contributed by atoms with van der Waals surface area (Å²) in [5.41, 5.74) is 3.27. The van der Waals surface area contributed by atoms with Gasteiger partial charge in [0.25, 0.3) is 0 Å². The van der Waals surface area contributed by atoms with Crippen LogP contribution in [-0.4, -0.2) is 23.6 Å². The molecule has 1 saturated carbocycles. The fourth-order valence-electron chi connectivity index (χ4n) is 2.85. The Balaban J connectivity index is 1.62. The summed E-state index contributed by atoms with van der Waals surface area (Å²) in [6.07, 6.45) is 4.73. The topological polar surface area (TPSA) is 51.1 Å². The maximum atomic E-state index is 8.75. The van der Waals surface area contributed by atoms with Crippen molar-refractivity contribution in [2.75, 3.05) is 6.61 Å². The first-order chi connectivity index (χ1) is 9.76. The van der Waals surface area contributed by atoms with Gasteiger partial charge < -0.3 is 14.7 Å². The van der Waals surface area contributed by atoms with Gasteiger partial charge in [-0.05, 0) is 43.4 Å². The first-order valence-corrected chi connectivity index (χ1v) is 7.81. The molecule has 1 N–H and O–H groups in total. The minimum atomic E-state index is 0.247. The van der Waals surface area contributed by atoms with Crippen LogP contribution >= 0.6 is 15.9 Å². The molecule has 2 aliphatic rings. The number of ether oxygens (including phenoxy) is 2. The Morgan fingerprint density at radius 3 is 2.85 bits per heavy atom. The highest BCUT2D eigenvalue weighted by Crippen LogP contribution is 2.34. The Morgan fingerprint density at radius 1 is 1.30 bits per heavy atom. The van der Waals surface area contributed by atoms with Gasteiger partial charge in [0.15, 0.2) is 0 Å². The summed E-state index contributed by atoms with van der Waals surface area (Å²) in [5.74, 6) is 1.00. The Labute approximate surface area is 126 Å². The molecule has 4 nitrogen and oxygen atoms in total. The zero-order valence-corrected chi connectivity index (χ0v) is 12.9. The van der Waals surface area contributed by atoms with Gasteiger partial charge in [-0.2, -0.15) is 0 Å². The number of benzene rings is 1. The van der Waals surface area contributed by atoms with Crippen LogP contribution in [0.15, 0.2) is 21.8 Å². The lowest BCUT2D eigenvalue weighted by Crippen LogP contribution is -2.21. The second kappa shape index (κ2) is 6.14. The van der Waals surface area contributed by atoms with Crippen molar-refractivity contribution in [3.8, 4) is 5.75 Å². The Bertz CT molecular complexity index is 520. The van der Waals surface area contributed by atoms with Crippen LogP contribution in [0.25, 0.3) is 0 Å². The lowest BCUT2D eigenvalue weighted by molar-refractivity contribution is 0.0267. The fraction of sp³-hybridized carbons (Fsp3) is 0.533. The highest BCUT2D eigenvalue weighted by molar-refractivity contribution is 9.10. The number of oxime groups is 1. The molecule has 0 aromatic heterocycles. The predicted molar refractivity (Wildman–Crippen MR) is 79.6 cm³/mol. The number of hydrogen-bond donors (Lipinski definition) is 1. The molecule has 1 aliphatic carbocycles. The first kappa shape index (κ1) is 13.9. The lowest BCUT2D eigenvalue weighted by Gasteiger charge is -2.23. The lowest BCUT2D eigenvalue weighted by atomic mass is 9.96. The molecule has 3 rings (SSSR count). The molecule has 0 unspecified atom stereocenters. The Morgan fingerprint density at radius 2 is 2.10 bits per heavy atom. The van der Waals surface area contributed by atoms with Gasteiger partial charge in [0.2, 0.25) is 0 Å². The van der Waals surface area contributed by atoms with E-state index in [0.29, 0.717) is 6.61 Å². The van der Waals surface area contributed by atoms with E-state index in [1.165, 1.54) is 5.56 Å². The van der Waals surface area contributed by atoms with Crippen molar-refractivity contribution in [2.45, 2.75) is 44.8 Å². The van der Waals surface area contributed by atoms with Crippen LogP contribution in [0.2, 0.25) is 0 Å². The van der Waals surface area contributed by atoms with Crippen LogP contribution in [-0.2, 0) is 17.8 Å². The van der Waals surface area contributed by atoms with E-state index in [4.69, 9.17) is 14.7 Å². The molecular weight excluding hydrogens is 322 g/mol. The predicted octanol–water partition coefficient (Wildman–Crippen LogP) is 3.67. The van der Waals surface area contributed by atoms with Crippen LogP contribution in [0.1, 0.15) is 36.8 Å². The van der Waals surface area contributed by atoms with Gasteiger partial charge in [0.05, 0.1) is 25.0 Å². The number of nitrogens with zero attached hydrogens (tertiary/aromatic N) is 1. The van der Waals surface area contributed by atoms with E-state index in [0.717, 1.165) is 60.2 Å². The summed E-state index contributed by atoms with van der Waals surface area (Å²) in [5, 5.41) is 12.0. The Kier molecular flexibility index (Phi) is 4.27. The van der Waals surface area contributed by atoms with Crippen molar-refractivity contribution in [1.82, 2.24) is 0 Å². The molecule has 1 fully saturated rings. The third kappa shape index (κ3) is 2.99. The molecule has 0 amide bonds. The zero-order valence-electron chi connectivity index (χ0n) is 11.3. The van der Waals surface area contributed by atoms with Crippen molar-refractivity contribution in [2.24, 2.45) is 5.16 Å². The first-order valence-electron chi connectivity index (χ1n) is 7.02. The number of fused-ring (bicyclic) bond motifs is 1. The average Bonchev–Trinajstić information content (AvgIpc) is 2.93. The SMILES string of the molecule is ON=C1CCC(OCc2cc(Br)cc3c2OCC3)CC1. The van der Waals surface area contributed by atoms with E-state index in [2.05, 4.69) is 33.2 Å². The van der Waals surface area contributed by atoms with Gasteiger partial charge in [0.1, 0.15) is 5.75 Å². The van der Waals surface area contributed by atoms with E-state index in [9.17, 15) is 0 Å². The van der Waals surface area contributed by atoms with E-state index < -0.39 is 0 Å². The van der Waals surface area contributed by atoms with Crippen molar-refractivity contribution in [1.29, 1.82) is 0 Å². The summed E-state index contributed by atoms with van der Waals surface area (Å²) < 4.78 is 12.8. The maximum Gasteiger partial charge on any atom is 0.128 e. The molecule has 0 saturated heterocycles. The van der Waals surface area contributed by atoms with Gasteiger partial charge >= 0.3 is 0 Å². The fourth-order valence-corrected chi connectivity index (χ4v) is 3.40. The van der Waals surface area contributed by atoms with E-state index in [-0.39, 0.29) is 6.10 Å². The molecule has 0 radical (unpaired) electrons. The average molecular weight is 340 g/mol. The minimum absolute atomic E-state index is 0.247. The summed E-state index contributed by atoms with van der Waals surface area (Å²) >= 11 is 3.54. The van der Waals surface area contributed by atoms with Gasteiger partial charge in [-0.3, -0.25) is 0 Å². The molecular formula is C15H18BrNO3. The molecule has 1 aromatic carbocycles. The molecule has 1 heterocycles. The van der Waals surface area contributed by atoms with E-state index in [1.807, 2.05) is 0 Å². The molecule has 0 atom stereocenters. The summed E-state index contributed by atoms with van der Waals surface area (Å²) in [6, 6.07) is 4.20. The summed E-state index contributed by atoms with van der Waals surface area (Å²) in [7, 11) is 0. The second-order valence-electron chi connectivity index (χ2n) is 5.33. The zero-order chi connectivity index (χ0) is 13.9. The standard InChI is InChI=1S/C15H18BrNO3/c16-12-7-10-5-6-19-15(10)11(8-12)9-20-14-3-1-13(17-18)2-4-14/h7-8,14,18H,1-6,9H2. The van der Waals surface area contributed by atoms with Crippen molar-refractivity contribution in [3.05, 3.63) is 27.7 Å². The number of rotatable bonds is 3. The highest BCUT2D eigenvalue weighted by Gasteiger charge is 2.21. The molecule has 20 heavy (non-hydrogen) atoms. The molecule has 1 aromatic rings. The van der Waals surface area contributed by atoms with Gasteiger partial charge in [-0.1, -0.05) is 21.1 Å². The molecule has 108 valence electrons. The highest BCUT2D eigenvalue weighted by atomic mass is 79.9. The Hall–Kier alpha value is -1.07. The van der Waals surface area contributed by atoms with Crippen LogP contribution in [0, 0.1) is 0 Å². The quantitative estimate of drug-likeness (QED) is 0.675. The third-order valence-electron chi connectivity index (χ3n) is 3.95. The molecule has 0 spiro atoms. The smallest absolute Gasteiger partial charge is 0.128 e. The van der Waals surface area contributed by atoms with Gasteiger partial charge in [-0.25, -0.2) is 0 Å². The van der Waals surface area contributed by atoms with Crippen molar-refractivity contribution < 1.29 is 14.7 Å². The summed E-state index contributed by atoms with van der Waals surface area (Å²) in [4.78, 5) is 0. The maximum absolute atomic E-state index is 8.75. The van der Waals surface area contributed by atoms with Gasteiger partial charge in [-0.15, -0.1) is 0 Å². The minimum Gasteiger partial charge on any atom is -0.493 e. The number of halogens is 1. The third-order valence-corrected chi connectivity index (χ3v) is 4.41.